The van der Waals surface area contributed by atoms with Gasteiger partial charge < -0.3 is 19.9 Å². The van der Waals surface area contributed by atoms with Crippen molar-refractivity contribution in [1.29, 1.82) is 0 Å². The molecule has 1 aromatic carbocycles. The maximum absolute atomic E-state index is 12.4. The van der Waals surface area contributed by atoms with Crippen LogP contribution >= 0.6 is 0 Å². The van der Waals surface area contributed by atoms with E-state index in [1.54, 1.807) is 24.0 Å². The Labute approximate surface area is 168 Å². The van der Waals surface area contributed by atoms with E-state index < -0.39 is 6.09 Å². The first-order valence-corrected chi connectivity index (χ1v) is 9.46. The molecular formula is C20H25N5O4. The lowest BCUT2D eigenvalue weighted by Gasteiger charge is -2.27. The van der Waals surface area contributed by atoms with Gasteiger partial charge in [-0.1, -0.05) is 0 Å². The zero-order valence-electron chi connectivity index (χ0n) is 16.8. The number of hydrogen-bond donors (Lipinski definition) is 1. The summed E-state index contributed by atoms with van der Waals surface area (Å²) >= 11 is 0. The van der Waals surface area contributed by atoms with Gasteiger partial charge in [0.1, 0.15) is 6.54 Å². The molecule has 9 heteroatoms. The second-order valence-corrected chi connectivity index (χ2v) is 6.97. The van der Waals surface area contributed by atoms with E-state index in [9.17, 15) is 14.4 Å². The molecule has 0 saturated carbocycles. The second kappa shape index (κ2) is 8.76. The van der Waals surface area contributed by atoms with Crippen LogP contribution in [-0.2, 0) is 29.0 Å². The summed E-state index contributed by atoms with van der Waals surface area (Å²) in [6, 6.07) is 8.84. The predicted molar refractivity (Wildman–Crippen MR) is 109 cm³/mol. The standard InChI is InChI=1S/C20H25N5O4/c1-4-29-20(28)24-10-9-17-14(12-24)11-19(27)25(22-17)13-18(26)21-15-5-7-16(8-6-15)23(2)3/h5-8,11H,4,9-10,12-13H2,1-3H3,(H,21,26). The van der Waals surface area contributed by atoms with Crippen molar-refractivity contribution in [2.75, 3.05) is 37.5 Å². The number of aromatic nitrogens is 2. The second-order valence-electron chi connectivity index (χ2n) is 6.97. The first-order valence-electron chi connectivity index (χ1n) is 9.46. The fourth-order valence-corrected chi connectivity index (χ4v) is 3.10. The van der Waals surface area contributed by atoms with Gasteiger partial charge in [-0.3, -0.25) is 9.59 Å². The Morgan fingerprint density at radius 2 is 1.97 bits per heavy atom. The number of carbonyl (C=O) groups excluding carboxylic acids is 2. The number of hydrogen-bond acceptors (Lipinski definition) is 6. The number of rotatable bonds is 5. The van der Waals surface area contributed by atoms with Crippen molar-refractivity contribution < 1.29 is 14.3 Å². The number of ether oxygens (including phenoxy) is 1. The third kappa shape index (κ3) is 4.92. The summed E-state index contributed by atoms with van der Waals surface area (Å²) < 4.78 is 6.16. The molecule has 2 aromatic rings. The zero-order valence-corrected chi connectivity index (χ0v) is 16.8. The topological polar surface area (TPSA) is 96.8 Å². The lowest BCUT2D eigenvalue weighted by Crippen LogP contribution is -2.39. The quantitative estimate of drug-likeness (QED) is 0.818. The summed E-state index contributed by atoms with van der Waals surface area (Å²) in [5, 5.41) is 7.10. The third-order valence-corrected chi connectivity index (χ3v) is 4.63. The SMILES string of the molecule is CCOC(=O)N1CCc2nn(CC(=O)Nc3ccc(N(C)C)cc3)c(=O)cc2C1. The minimum absolute atomic E-state index is 0.177. The molecule has 29 heavy (non-hydrogen) atoms. The number of benzene rings is 1. The van der Waals surface area contributed by atoms with E-state index in [1.165, 1.54) is 6.07 Å². The first-order chi connectivity index (χ1) is 13.9. The molecule has 3 rings (SSSR count). The molecular weight excluding hydrogens is 374 g/mol. The number of nitrogens with one attached hydrogen (secondary N) is 1. The van der Waals surface area contributed by atoms with E-state index >= 15 is 0 Å². The maximum atomic E-state index is 12.4. The van der Waals surface area contributed by atoms with Gasteiger partial charge in [0.2, 0.25) is 5.91 Å². The van der Waals surface area contributed by atoms with Crippen LogP contribution in [0.15, 0.2) is 35.1 Å². The molecule has 0 saturated heterocycles. The highest BCUT2D eigenvalue weighted by Crippen LogP contribution is 2.17. The van der Waals surface area contributed by atoms with Crippen molar-refractivity contribution in [2.45, 2.75) is 26.4 Å². The summed E-state index contributed by atoms with van der Waals surface area (Å²) in [4.78, 5) is 40.1. The largest absolute Gasteiger partial charge is 0.450 e. The van der Waals surface area contributed by atoms with Gasteiger partial charge in [-0.05, 0) is 31.2 Å². The smallest absolute Gasteiger partial charge is 0.410 e. The van der Waals surface area contributed by atoms with Crippen LogP contribution in [0.2, 0.25) is 0 Å². The Morgan fingerprint density at radius 1 is 1.24 bits per heavy atom. The monoisotopic (exact) mass is 399 g/mol. The Kier molecular flexibility index (Phi) is 6.16. The molecule has 0 unspecified atom stereocenters. The average Bonchev–Trinajstić information content (AvgIpc) is 2.68. The fourth-order valence-electron chi connectivity index (χ4n) is 3.10. The molecule has 1 N–H and O–H groups in total. The van der Waals surface area contributed by atoms with E-state index in [-0.39, 0.29) is 24.6 Å². The molecule has 0 fully saturated rings. The Hall–Kier alpha value is -3.36. The van der Waals surface area contributed by atoms with Crippen LogP contribution < -0.4 is 15.8 Å². The lowest BCUT2D eigenvalue weighted by molar-refractivity contribution is -0.117. The molecule has 154 valence electrons. The van der Waals surface area contributed by atoms with Crippen LogP contribution in [-0.4, -0.2) is 53.9 Å². The van der Waals surface area contributed by atoms with Crippen LogP contribution in [0, 0.1) is 0 Å². The van der Waals surface area contributed by atoms with E-state index in [0.717, 1.165) is 10.4 Å². The minimum atomic E-state index is -0.401. The average molecular weight is 399 g/mol. The lowest BCUT2D eigenvalue weighted by atomic mass is 10.1. The number of amides is 2. The van der Waals surface area contributed by atoms with Crippen LogP contribution in [0.5, 0.6) is 0 Å². The zero-order chi connectivity index (χ0) is 21.0. The van der Waals surface area contributed by atoms with E-state index in [0.29, 0.717) is 36.5 Å². The molecule has 0 aliphatic carbocycles. The summed E-state index contributed by atoms with van der Waals surface area (Å²) in [7, 11) is 3.88. The van der Waals surface area contributed by atoms with E-state index in [4.69, 9.17) is 4.74 Å². The van der Waals surface area contributed by atoms with Gasteiger partial charge in [-0.15, -0.1) is 0 Å². The highest BCUT2D eigenvalue weighted by Gasteiger charge is 2.24. The van der Waals surface area contributed by atoms with Crippen molar-refractivity contribution in [3.8, 4) is 0 Å². The number of carbonyl (C=O) groups is 2. The first kappa shape index (κ1) is 20.4. The molecule has 9 nitrogen and oxygen atoms in total. The molecule has 1 aliphatic rings. The Morgan fingerprint density at radius 3 is 2.62 bits per heavy atom. The normalized spacial score (nSPS) is 12.9. The van der Waals surface area contributed by atoms with Crippen molar-refractivity contribution in [3.05, 3.63) is 51.9 Å². The number of nitrogens with zero attached hydrogens (tertiary/aromatic N) is 4. The van der Waals surface area contributed by atoms with E-state index in [2.05, 4.69) is 10.4 Å². The molecule has 0 bridgehead atoms. The summed E-state index contributed by atoms with van der Waals surface area (Å²) in [6.45, 7) is 2.61. The molecule has 0 spiro atoms. The third-order valence-electron chi connectivity index (χ3n) is 4.63. The van der Waals surface area contributed by atoms with Gasteiger partial charge in [0.15, 0.2) is 0 Å². The van der Waals surface area contributed by atoms with Crippen LogP contribution in [0.25, 0.3) is 0 Å². The van der Waals surface area contributed by atoms with Gasteiger partial charge in [-0.25, -0.2) is 9.48 Å². The van der Waals surface area contributed by atoms with E-state index in [1.807, 2.05) is 31.1 Å². The Balaban J connectivity index is 1.67. The molecule has 2 heterocycles. The molecule has 1 aromatic heterocycles. The van der Waals surface area contributed by atoms with Gasteiger partial charge >= 0.3 is 6.09 Å². The number of fused-ring (bicyclic) bond motifs is 1. The molecule has 2 amide bonds. The number of anilines is 2. The van der Waals surface area contributed by atoms with Crippen LogP contribution in [0.1, 0.15) is 18.2 Å². The van der Waals surface area contributed by atoms with Gasteiger partial charge in [0, 0.05) is 50.1 Å². The summed E-state index contributed by atoms with van der Waals surface area (Å²) in [5.41, 5.74) is 2.69. The molecule has 1 aliphatic heterocycles. The fraction of sp³-hybridized carbons (Fsp3) is 0.400. The molecule has 0 radical (unpaired) electrons. The predicted octanol–water partition coefficient (Wildman–Crippen LogP) is 1.46. The highest BCUT2D eigenvalue weighted by molar-refractivity contribution is 5.90. The van der Waals surface area contributed by atoms with Crippen molar-refractivity contribution >= 4 is 23.4 Å². The van der Waals surface area contributed by atoms with Gasteiger partial charge in [-0.2, -0.15) is 5.10 Å². The highest BCUT2D eigenvalue weighted by atomic mass is 16.6. The minimum Gasteiger partial charge on any atom is -0.450 e. The van der Waals surface area contributed by atoms with Crippen LogP contribution in [0.3, 0.4) is 0 Å². The Bertz CT molecular complexity index is 952. The van der Waals surface area contributed by atoms with Crippen molar-refractivity contribution in [1.82, 2.24) is 14.7 Å². The van der Waals surface area contributed by atoms with Crippen molar-refractivity contribution in [3.63, 3.8) is 0 Å². The van der Waals surface area contributed by atoms with Gasteiger partial charge in [0.05, 0.1) is 18.8 Å². The van der Waals surface area contributed by atoms with Crippen LogP contribution in [0.4, 0.5) is 16.2 Å². The van der Waals surface area contributed by atoms with Crippen molar-refractivity contribution in [2.24, 2.45) is 0 Å². The summed E-state index contributed by atoms with van der Waals surface area (Å²) in [5.74, 6) is -0.332. The maximum Gasteiger partial charge on any atom is 0.410 e. The summed E-state index contributed by atoms with van der Waals surface area (Å²) in [6.07, 6.45) is 0.101. The molecule has 0 atom stereocenters. The van der Waals surface area contributed by atoms with Gasteiger partial charge in [0.25, 0.3) is 5.56 Å².